The first-order chi connectivity index (χ1) is 20.1. The molecule has 42 heavy (non-hydrogen) atoms. The quantitative estimate of drug-likeness (QED) is 0.116. The molecule has 228 valence electrons. The lowest BCUT2D eigenvalue weighted by atomic mass is 10.0. The van der Waals surface area contributed by atoms with E-state index in [9.17, 15) is 22.4 Å². The number of urea groups is 1. The lowest BCUT2D eigenvalue weighted by molar-refractivity contribution is -0.134. The van der Waals surface area contributed by atoms with Crippen LogP contribution in [0.25, 0.3) is 16.9 Å². The van der Waals surface area contributed by atoms with Gasteiger partial charge in [-0.05, 0) is 39.2 Å². The topological polar surface area (TPSA) is 93.9 Å². The maximum Gasteiger partial charge on any atom is 0.318 e. The molecule has 3 rings (SSSR count). The molecule has 2 amide bonds. The van der Waals surface area contributed by atoms with E-state index in [2.05, 4.69) is 33.4 Å². The van der Waals surface area contributed by atoms with E-state index in [1.165, 1.54) is 24.3 Å². The number of carbonyl (C=O) groups excluding carboxylic acids is 1. The number of aromatic nitrogens is 4. The van der Waals surface area contributed by atoms with Crippen LogP contribution in [0.5, 0.6) is 11.6 Å². The number of imidazole rings is 1. The second-order valence-electron chi connectivity index (χ2n) is 9.56. The van der Waals surface area contributed by atoms with E-state index in [0.29, 0.717) is 47.3 Å². The number of rotatable bonds is 16. The Labute approximate surface area is 242 Å². The molecule has 1 unspecified atom stereocenters. The number of carbonyl (C=O) groups is 1. The van der Waals surface area contributed by atoms with Crippen molar-refractivity contribution < 1.29 is 31.8 Å². The van der Waals surface area contributed by atoms with Gasteiger partial charge in [-0.2, -0.15) is 0 Å². The highest BCUT2D eigenvalue weighted by Gasteiger charge is 2.40. The van der Waals surface area contributed by atoms with E-state index in [4.69, 9.17) is 9.47 Å². The maximum atomic E-state index is 13.5. The van der Waals surface area contributed by atoms with Gasteiger partial charge in [0.25, 0.3) is 5.88 Å². The van der Waals surface area contributed by atoms with E-state index in [1.54, 1.807) is 49.0 Å². The molecule has 0 aromatic carbocycles. The first-order valence-corrected chi connectivity index (χ1v) is 13.5. The van der Waals surface area contributed by atoms with Gasteiger partial charge in [0.05, 0.1) is 37.3 Å². The summed E-state index contributed by atoms with van der Waals surface area (Å²) < 4.78 is 65.5. The molecule has 0 bridgehead atoms. The largest absolute Gasteiger partial charge is 0.494 e. The van der Waals surface area contributed by atoms with Crippen molar-refractivity contribution in [3.05, 3.63) is 61.9 Å². The number of nitrogens with one attached hydrogen (secondary N) is 1. The Hall–Kier alpha value is -4.16. The molecule has 0 saturated heterocycles. The van der Waals surface area contributed by atoms with Gasteiger partial charge in [-0.1, -0.05) is 12.2 Å². The Morgan fingerprint density at radius 3 is 2.67 bits per heavy atom. The van der Waals surface area contributed by atoms with Crippen LogP contribution in [-0.4, -0.2) is 68.9 Å². The zero-order valence-electron chi connectivity index (χ0n) is 23.9. The number of hydrogen-bond donors (Lipinski definition) is 1. The normalized spacial score (nSPS) is 13.0. The highest BCUT2D eigenvalue weighted by atomic mass is 19.3. The number of halogens is 4. The lowest BCUT2D eigenvalue weighted by Gasteiger charge is -2.30. The van der Waals surface area contributed by atoms with Crippen LogP contribution in [0.2, 0.25) is 0 Å². The third-order valence-corrected chi connectivity index (χ3v) is 6.71. The molecule has 13 heteroatoms. The van der Waals surface area contributed by atoms with Gasteiger partial charge in [-0.3, -0.25) is 4.98 Å². The minimum Gasteiger partial charge on any atom is -0.494 e. The lowest BCUT2D eigenvalue weighted by Crippen LogP contribution is -2.46. The van der Waals surface area contributed by atoms with Crippen LogP contribution in [0.4, 0.5) is 22.4 Å². The van der Waals surface area contributed by atoms with E-state index >= 15 is 0 Å². The molecule has 0 spiro atoms. The van der Waals surface area contributed by atoms with Crippen molar-refractivity contribution in [2.45, 2.75) is 64.0 Å². The number of methoxy groups -OCH3 is 1. The van der Waals surface area contributed by atoms with Crippen LogP contribution in [0.15, 0.2) is 56.2 Å². The van der Waals surface area contributed by atoms with Crippen molar-refractivity contribution in [3.8, 4) is 22.9 Å². The molecule has 9 nitrogen and oxygen atoms in total. The Bertz CT molecular complexity index is 1370. The molecular weight excluding hydrogens is 556 g/mol. The molecule has 3 aromatic heterocycles. The van der Waals surface area contributed by atoms with Gasteiger partial charge in [0.2, 0.25) is 5.65 Å². The van der Waals surface area contributed by atoms with E-state index < -0.39 is 36.9 Å². The third kappa shape index (κ3) is 7.77. The number of alkyl halides is 4. The summed E-state index contributed by atoms with van der Waals surface area (Å²) in [5, 5.41) is 2.69. The van der Waals surface area contributed by atoms with Gasteiger partial charge in [0.15, 0.2) is 0 Å². The van der Waals surface area contributed by atoms with Gasteiger partial charge in [0, 0.05) is 43.2 Å². The van der Waals surface area contributed by atoms with Crippen LogP contribution in [0, 0.1) is 0 Å². The molecule has 1 N–H and O–H groups in total. The molecule has 0 aliphatic rings. The zero-order valence-corrected chi connectivity index (χ0v) is 23.9. The van der Waals surface area contributed by atoms with Gasteiger partial charge in [0.1, 0.15) is 5.75 Å². The van der Waals surface area contributed by atoms with Crippen molar-refractivity contribution in [3.63, 3.8) is 0 Å². The maximum absolute atomic E-state index is 13.5. The molecule has 0 aliphatic carbocycles. The van der Waals surface area contributed by atoms with Gasteiger partial charge < -0.3 is 24.1 Å². The highest BCUT2D eigenvalue weighted by molar-refractivity contribution is 5.75. The monoisotopic (exact) mass is 592 g/mol. The Morgan fingerprint density at radius 1 is 1.26 bits per heavy atom. The van der Waals surface area contributed by atoms with E-state index in [1.807, 2.05) is 0 Å². The minimum absolute atomic E-state index is 0.140. The fourth-order valence-electron chi connectivity index (χ4n) is 4.36. The molecule has 0 aliphatic heterocycles. The molecule has 0 radical (unpaired) electrons. The van der Waals surface area contributed by atoms with Crippen molar-refractivity contribution in [1.82, 2.24) is 29.6 Å². The standard InChI is InChI=1S/C29H36F4N6O3/c1-6-9-15-42-26-25-34-13-14-38(25)18-23(37-26)21-16-22(35-17-24(21)41-5)19(4)39(8-3)28(40)36-20(10-7-2)11-12-29(32,33)27(30)31/h6-7,13-14,16-20,27H,1-2,8-12,15H2,3-5H3,(H,36,40)/t19-,20?/m1/s1. The summed E-state index contributed by atoms with van der Waals surface area (Å²) in [6, 6.07) is -0.160. The summed E-state index contributed by atoms with van der Waals surface area (Å²) in [6.07, 6.45) is 5.45. The Balaban J connectivity index is 1.88. The fourth-order valence-corrected chi connectivity index (χ4v) is 4.36. The van der Waals surface area contributed by atoms with E-state index in [0.717, 1.165) is 0 Å². The van der Waals surface area contributed by atoms with Crippen LogP contribution < -0.4 is 14.8 Å². The Morgan fingerprint density at radius 2 is 2.02 bits per heavy atom. The molecular formula is C29H36F4N6O3. The number of nitrogens with zero attached hydrogens (tertiary/aromatic N) is 5. The SMILES string of the molecule is C=CCCOc1nc(-c2cc([C@@H](C)N(CC)C(=O)NC(CC=C)CCC(F)(F)C(F)F)ncc2OC)cn2ccnc12. The van der Waals surface area contributed by atoms with Crippen LogP contribution in [0.3, 0.4) is 0 Å². The predicted molar refractivity (Wildman–Crippen MR) is 151 cm³/mol. The van der Waals surface area contributed by atoms with Crippen LogP contribution in [0.1, 0.15) is 51.3 Å². The smallest absolute Gasteiger partial charge is 0.318 e. The Kier molecular flexibility index (Phi) is 11.3. The summed E-state index contributed by atoms with van der Waals surface area (Å²) in [4.78, 5) is 28.2. The average molecular weight is 593 g/mol. The average Bonchev–Trinajstić information content (AvgIpc) is 3.45. The number of amides is 2. The minimum atomic E-state index is -4.14. The fraction of sp³-hybridized carbons (Fsp3) is 0.448. The highest BCUT2D eigenvalue weighted by Crippen LogP contribution is 2.34. The van der Waals surface area contributed by atoms with Crippen molar-refractivity contribution in [2.24, 2.45) is 0 Å². The molecule has 3 heterocycles. The van der Waals surface area contributed by atoms with Crippen molar-refractivity contribution in [1.29, 1.82) is 0 Å². The van der Waals surface area contributed by atoms with Crippen molar-refractivity contribution >= 4 is 11.7 Å². The molecule has 0 saturated carbocycles. The van der Waals surface area contributed by atoms with Crippen LogP contribution >= 0.6 is 0 Å². The van der Waals surface area contributed by atoms with Crippen molar-refractivity contribution in [2.75, 3.05) is 20.3 Å². The van der Waals surface area contributed by atoms with Crippen LogP contribution in [-0.2, 0) is 0 Å². The first kappa shape index (κ1) is 32.4. The van der Waals surface area contributed by atoms with Gasteiger partial charge in [-0.25, -0.2) is 32.3 Å². The number of ether oxygens (including phenoxy) is 2. The predicted octanol–water partition coefficient (Wildman–Crippen LogP) is 6.47. The second-order valence-corrected chi connectivity index (χ2v) is 9.56. The summed E-state index contributed by atoms with van der Waals surface area (Å²) in [5.41, 5.74) is 2.15. The first-order valence-electron chi connectivity index (χ1n) is 13.5. The third-order valence-electron chi connectivity index (χ3n) is 6.71. The summed E-state index contributed by atoms with van der Waals surface area (Å²) in [5.74, 6) is -3.38. The summed E-state index contributed by atoms with van der Waals surface area (Å²) in [6.45, 7) is 11.4. The molecule has 3 aromatic rings. The number of hydrogen-bond acceptors (Lipinski definition) is 6. The van der Waals surface area contributed by atoms with Gasteiger partial charge in [-0.15, -0.1) is 13.2 Å². The molecule has 0 fully saturated rings. The number of pyridine rings is 1. The zero-order chi connectivity index (χ0) is 30.9. The number of fused-ring (bicyclic) bond motifs is 1. The summed E-state index contributed by atoms with van der Waals surface area (Å²) >= 11 is 0. The second kappa shape index (κ2) is 14.6. The molecule has 2 atom stereocenters. The van der Waals surface area contributed by atoms with E-state index in [-0.39, 0.29) is 19.4 Å². The summed E-state index contributed by atoms with van der Waals surface area (Å²) in [7, 11) is 1.50. The van der Waals surface area contributed by atoms with Gasteiger partial charge >= 0.3 is 18.4 Å².